The zero-order valence-electron chi connectivity index (χ0n) is 9.98. The number of aryl methyl sites for hydroxylation is 1. The average Bonchev–Trinajstić information content (AvgIpc) is 2.39. The number of rotatable bonds is 3. The smallest absolute Gasteiger partial charge is 0.275 e. The number of carbonyl (C=O) groups is 1. The maximum atomic E-state index is 12.1. The zero-order chi connectivity index (χ0) is 13.0. The van der Waals surface area contributed by atoms with Crippen LogP contribution in [0.4, 0.5) is 5.69 Å². The van der Waals surface area contributed by atoms with Gasteiger partial charge in [0.25, 0.3) is 5.91 Å². The van der Waals surface area contributed by atoms with Crippen LogP contribution >= 0.6 is 15.9 Å². The van der Waals surface area contributed by atoms with Crippen LogP contribution in [-0.2, 0) is 6.42 Å². The highest BCUT2D eigenvalue weighted by Crippen LogP contribution is 2.19. The molecule has 1 amide bonds. The Kier molecular flexibility index (Phi) is 4.10. The molecule has 0 aliphatic heterocycles. The summed E-state index contributed by atoms with van der Waals surface area (Å²) in [5, 5.41) is 2.89. The molecule has 0 bridgehead atoms. The van der Waals surface area contributed by atoms with E-state index in [1.54, 1.807) is 18.3 Å². The second-order valence-electron chi connectivity index (χ2n) is 3.80. The first-order chi connectivity index (χ1) is 8.72. The fourth-order valence-corrected chi connectivity index (χ4v) is 2.12. The summed E-state index contributed by atoms with van der Waals surface area (Å²) < 4.78 is 0.691. The predicted molar refractivity (Wildman–Crippen MR) is 75.7 cm³/mol. The second kappa shape index (κ2) is 5.78. The number of aromatic nitrogens is 1. The van der Waals surface area contributed by atoms with E-state index in [1.807, 2.05) is 24.3 Å². The van der Waals surface area contributed by atoms with Gasteiger partial charge in [0.15, 0.2) is 0 Å². The lowest BCUT2D eigenvalue weighted by Crippen LogP contribution is -2.15. The van der Waals surface area contributed by atoms with E-state index in [-0.39, 0.29) is 5.91 Å². The number of hydrogen-bond donors (Lipinski definition) is 1. The van der Waals surface area contributed by atoms with Crippen LogP contribution in [0.2, 0.25) is 0 Å². The van der Waals surface area contributed by atoms with E-state index in [0.29, 0.717) is 10.2 Å². The van der Waals surface area contributed by atoms with Crippen molar-refractivity contribution in [2.45, 2.75) is 13.3 Å². The molecule has 2 aromatic rings. The zero-order valence-corrected chi connectivity index (χ0v) is 11.6. The number of benzene rings is 1. The first-order valence-corrected chi connectivity index (χ1v) is 6.51. The lowest BCUT2D eigenvalue weighted by Gasteiger charge is -2.09. The number of carbonyl (C=O) groups excluding carboxylic acids is 1. The van der Waals surface area contributed by atoms with Crippen LogP contribution in [-0.4, -0.2) is 10.9 Å². The summed E-state index contributed by atoms with van der Waals surface area (Å²) in [7, 11) is 0. The van der Waals surface area contributed by atoms with Crippen LogP contribution in [0.3, 0.4) is 0 Å². The molecule has 18 heavy (non-hydrogen) atoms. The van der Waals surface area contributed by atoms with Gasteiger partial charge in [0.05, 0.1) is 0 Å². The van der Waals surface area contributed by atoms with Gasteiger partial charge in [0.1, 0.15) is 5.69 Å². The number of nitrogens with one attached hydrogen (secondary N) is 1. The van der Waals surface area contributed by atoms with Gasteiger partial charge >= 0.3 is 0 Å². The normalized spacial score (nSPS) is 10.1. The van der Waals surface area contributed by atoms with Gasteiger partial charge in [-0.15, -0.1) is 0 Å². The topological polar surface area (TPSA) is 42.0 Å². The van der Waals surface area contributed by atoms with Crippen LogP contribution in [0.15, 0.2) is 47.1 Å². The molecule has 0 saturated carbocycles. The van der Waals surface area contributed by atoms with E-state index >= 15 is 0 Å². The predicted octanol–water partition coefficient (Wildman–Crippen LogP) is 3.66. The molecule has 0 aliphatic rings. The van der Waals surface area contributed by atoms with Crippen LogP contribution < -0.4 is 5.32 Å². The van der Waals surface area contributed by atoms with E-state index in [0.717, 1.165) is 17.7 Å². The molecule has 0 saturated heterocycles. The largest absolute Gasteiger partial charge is 0.320 e. The summed E-state index contributed by atoms with van der Waals surface area (Å²) in [6.07, 6.45) is 2.48. The van der Waals surface area contributed by atoms with Crippen molar-refractivity contribution >= 4 is 27.5 Å². The molecular formula is C14H13BrN2O. The maximum Gasteiger partial charge on any atom is 0.275 e. The number of halogens is 1. The van der Waals surface area contributed by atoms with Gasteiger partial charge in [-0.2, -0.15) is 0 Å². The summed E-state index contributed by atoms with van der Waals surface area (Å²) in [5.41, 5.74) is 2.34. The lowest BCUT2D eigenvalue weighted by atomic mass is 10.1. The van der Waals surface area contributed by atoms with Crippen molar-refractivity contribution in [3.8, 4) is 0 Å². The van der Waals surface area contributed by atoms with Crippen molar-refractivity contribution in [2.24, 2.45) is 0 Å². The van der Waals surface area contributed by atoms with Gasteiger partial charge in [-0.25, -0.2) is 4.98 Å². The first-order valence-electron chi connectivity index (χ1n) is 5.72. The number of pyridine rings is 1. The number of amides is 1. The molecule has 2 rings (SSSR count). The number of anilines is 1. The van der Waals surface area contributed by atoms with Gasteiger partial charge < -0.3 is 5.32 Å². The monoisotopic (exact) mass is 304 g/mol. The van der Waals surface area contributed by atoms with E-state index < -0.39 is 0 Å². The number of para-hydroxylation sites is 1. The molecule has 0 fully saturated rings. The van der Waals surface area contributed by atoms with Gasteiger partial charge in [0, 0.05) is 16.4 Å². The van der Waals surface area contributed by atoms with Crippen molar-refractivity contribution in [2.75, 3.05) is 5.32 Å². The van der Waals surface area contributed by atoms with Crippen LogP contribution in [0, 0.1) is 0 Å². The Labute approximate surface area is 114 Å². The Morgan fingerprint density at radius 1 is 1.28 bits per heavy atom. The number of nitrogens with zero attached hydrogens (tertiary/aromatic N) is 1. The molecule has 3 nitrogen and oxygen atoms in total. The standard InChI is InChI=1S/C14H13BrN2O/c1-2-10-6-3-4-8-12(10)17-14(18)13-11(15)7-5-9-16-13/h3-9H,2H2,1H3,(H,17,18). The van der Waals surface area contributed by atoms with E-state index in [1.165, 1.54) is 0 Å². The van der Waals surface area contributed by atoms with Crippen molar-refractivity contribution < 1.29 is 4.79 Å². The Bertz CT molecular complexity index is 569. The molecule has 0 unspecified atom stereocenters. The van der Waals surface area contributed by atoms with Crippen molar-refractivity contribution in [1.29, 1.82) is 0 Å². The Hall–Kier alpha value is -1.68. The maximum absolute atomic E-state index is 12.1. The highest BCUT2D eigenvalue weighted by molar-refractivity contribution is 9.10. The molecule has 1 N–H and O–H groups in total. The average molecular weight is 305 g/mol. The molecule has 0 spiro atoms. The minimum Gasteiger partial charge on any atom is -0.320 e. The van der Waals surface area contributed by atoms with Gasteiger partial charge in [-0.1, -0.05) is 25.1 Å². The minimum absolute atomic E-state index is 0.205. The van der Waals surface area contributed by atoms with Crippen molar-refractivity contribution in [1.82, 2.24) is 4.98 Å². The van der Waals surface area contributed by atoms with E-state index in [4.69, 9.17) is 0 Å². The van der Waals surface area contributed by atoms with Crippen molar-refractivity contribution in [3.05, 3.63) is 58.3 Å². The molecule has 4 heteroatoms. The molecular weight excluding hydrogens is 292 g/mol. The molecule has 0 aliphatic carbocycles. The Morgan fingerprint density at radius 2 is 2.06 bits per heavy atom. The van der Waals surface area contributed by atoms with E-state index in [9.17, 15) is 4.79 Å². The van der Waals surface area contributed by atoms with Crippen molar-refractivity contribution in [3.63, 3.8) is 0 Å². The number of hydrogen-bond acceptors (Lipinski definition) is 2. The first kappa shape index (κ1) is 12.8. The second-order valence-corrected chi connectivity index (χ2v) is 4.65. The summed E-state index contributed by atoms with van der Waals surface area (Å²) >= 11 is 3.32. The third kappa shape index (κ3) is 2.76. The SMILES string of the molecule is CCc1ccccc1NC(=O)c1ncccc1Br. The molecule has 1 aromatic carbocycles. The molecule has 0 atom stereocenters. The fraction of sp³-hybridized carbons (Fsp3) is 0.143. The molecule has 0 radical (unpaired) electrons. The minimum atomic E-state index is -0.205. The van der Waals surface area contributed by atoms with E-state index in [2.05, 4.69) is 33.2 Å². The fourth-order valence-electron chi connectivity index (χ4n) is 1.68. The van der Waals surface area contributed by atoms with Gasteiger partial charge in [0.2, 0.25) is 0 Å². The summed E-state index contributed by atoms with van der Waals surface area (Å²) in [6.45, 7) is 2.06. The van der Waals surface area contributed by atoms with Crippen LogP contribution in [0.1, 0.15) is 23.0 Å². The van der Waals surface area contributed by atoms with Gasteiger partial charge in [-0.3, -0.25) is 4.79 Å². The molecule has 92 valence electrons. The Morgan fingerprint density at radius 3 is 2.78 bits per heavy atom. The third-order valence-electron chi connectivity index (χ3n) is 2.62. The highest BCUT2D eigenvalue weighted by Gasteiger charge is 2.12. The molecule has 1 aromatic heterocycles. The van der Waals surface area contributed by atoms with Gasteiger partial charge in [-0.05, 0) is 46.1 Å². The van der Waals surface area contributed by atoms with Crippen LogP contribution in [0.5, 0.6) is 0 Å². The molecule has 1 heterocycles. The van der Waals surface area contributed by atoms with Crippen LogP contribution in [0.25, 0.3) is 0 Å². The third-order valence-corrected chi connectivity index (χ3v) is 3.26. The highest BCUT2D eigenvalue weighted by atomic mass is 79.9. The summed E-state index contributed by atoms with van der Waals surface area (Å²) in [4.78, 5) is 16.2. The Balaban J connectivity index is 2.24. The summed E-state index contributed by atoms with van der Waals surface area (Å²) in [6, 6.07) is 11.3. The lowest BCUT2D eigenvalue weighted by molar-refractivity contribution is 0.102. The quantitative estimate of drug-likeness (QED) is 0.940. The summed E-state index contributed by atoms with van der Waals surface area (Å²) in [5.74, 6) is -0.205.